The number of aromatic nitrogens is 6. The van der Waals surface area contributed by atoms with Gasteiger partial charge in [-0.2, -0.15) is 15.0 Å². The van der Waals surface area contributed by atoms with Crippen LogP contribution in [0.5, 0.6) is 0 Å². The van der Waals surface area contributed by atoms with E-state index >= 15 is 0 Å². The Hall–Kier alpha value is -2.00. The highest BCUT2D eigenvalue weighted by Crippen LogP contribution is 2.24. The Labute approximate surface area is 126 Å². The van der Waals surface area contributed by atoms with E-state index < -0.39 is 0 Å². The quantitative estimate of drug-likeness (QED) is 0.771. The van der Waals surface area contributed by atoms with E-state index in [0.29, 0.717) is 11.1 Å². The van der Waals surface area contributed by atoms with Gasteiger partial charge in [0.1, 0.15) is 11.4 Å². The van der Waals surface area contributed by atoms with Gasteiger partial charge >= 0.3 is 0 Å². The van der Waals surface area contributed by atoms with Crippen LogP contribution in [0.4, 0.5) is 5.95 Å². The lowest BCUT2D eigenvalue weighted by Crippen LogP contribution is -2.06. The highest BCUT2D eigenvalue weighted by atomic mass is 79.9. The highest BCUT2D eigenvalue weighted by Gasteiger charge is 2.08. The summed E-state index contributed by atoms with van der Waals surface area (Å²) in [6, 6.07) is 3.77. The summed E-state index contributed by atoms with van der Waals surface area (Å²) < 4.78 is 2.58. The Kier molecular flexibility index (Phi) is 3.61. The molecular weight excluding hydrogens is 342 g/mol. The minimum Gasteiger partial charge on any atom is -0.368 e. The van der Waals surface area contributed by atoms with Crippen LogP contribution < -0.4 is 5.73 Å². The first-order valence-electron chi connectivity index (χ1n) is 5.50. The number of imidazole rings is 1. The molecule has 0 bridgehead atoms. The van der Waals surface area contributed by atoms with Crippen molar-refractivity contribution in [1.29, 1.82) is 0 Å². The van der Waals surface area contributed by atoms with Gasteiger partial charge in [-0.25, -0.2) is 9.97 Å². The molecule has 3 aromatic heterocycles. The molecule has 3 aromatic rings. The van der Waals surface area contributed by atoms with Gasteiger partial charge in [-0.3, -0.25) is 4.57 Å². The molecule has 7 nitrogen and oxygen atoms in total. The lowest BCUT2D eigenvalue weighted by Gasteiger charge is -2.04. The minimum atomic E-state index is 0.156. The van der Waals surface area contributed by atoms with E-state index in [2.05, 4.69) is 40.8 Å². The van der Waals surface area contributed by atoms with Crippen LogP contribution in [0, 0.1) is 0 Å². The standard InChI is InChI=1S/C11H8BrN7S/c12-7-1-2-8(15-5-7)20-11-17-9(13)16-10(18-11)19-4-3-14-6-19/h1-6H,(H2,13,16,17,18). The fourth-order valence-corrected chi connectivity index (χ4v) is 2.35. The topological polar surface area (TPSA) is 95.4 Å². The fraction of sp³-hybridized carbons (Fsp3) is 0. The predicted molar refractivity (Wildman–Crippen MR) is 77.4 cm³/mol. The smallest absolute Gasteiger partial charge is 0.240 e. The molecule has 0 radical (unpaired) electrons. The molecule has 0 aliphatic heterocycles. The third kappa shape index (κ3) is 2.94. The Morgan fingerprint density at radius 1 is 1.20 bits per heavy atom. The Morgan fingerprint density at radius 3 is 2.80 bits per heavy atom. The van der Waals surface area contributed by atoms with E-state index in [4.69, 9.17) is 5.73 Å². The maximum atomic E-state index is 5.71. The van der Waals surface area contributed by atoms with Crippen LogP contribution in [-0.4, -0.2) is 29.5 Å². The molecule has 0 atom stereocenters. The van der Waals surface area contributed by atoms with E-state index in [1.54, 1.807) is 29.5 Å². The number of nitrogens with two attached hydrogens (primary N) is 1. The largest absolute Gasteiger partial charge is 0.368 e. The van der Waals surface area contributed by atoms with Crippen LogP contribution in [0.1, 0.15) is 0 Å². The van der Waals surface area contributed by atoms with Crippen molar-refractivity contribution in [3.8, 4) is 5.95 Å². The molecule has 0 spiro atoms. The van der Waals surface area contributed by atoms with Gasteiger partial charge in [0.15, 0.2) is 0 Å². The minimum absolute atomic E-state index is 0.156. The van der Waals surface area contributed by atoms with Crippen LogP contribution >= 0.6 is 27.7 Å². The first kappa shape index (κ1) is 13.0. The molecule has 0 fully saturated rings. The first-order chi connectivity index (χ1) is 9.70. The molecule has 0 saturated carbocycles. The summed E-state index contributed by atoms with van der Waals surface area (Å²) >= 11 is 4.65. The summed E-state index contributed by atoms with van der Waals surface area (Å²) in [6.07, 6.45) is 6.69. The summed E-state index contributed by atoms with van der Waals surface area (Å²) in [6.45, 7) is 0. The molecule has 0 saturated heterocycles. The normalized spacial score (nSPS) is 10.7. The van der Waals surface area contributed by atoms with E-state index in [1.807, 2.05) is 12.1 Å². The molecule has 9 heteroatoms. The average molecular weight is 350 g/mol. The maximum absolute atomic E-state index is 5.71. The average Bonchev–Trinajstić information content (AvgIpc) is 2.95. The lowest BCUT2D eigenvalue weighted by molar-refractivity contribution is 0.831. The van der Waals surface area contributed by atoms with Gasteiger partial charge in [0.25, 0.3) is 0 Å². The number of nitrogens with zero attached hydrogens (tertiary/aromatic N) is 6. The molecule has 0 amide bonds. The number of hydrogen-bond donors (Lipinski definition) is 1. The number of anilines is 1. The van der Waals surface area contributed by atoms with Gasteiger partial charge in [0.05, 0.1) is 0 Å². The lowest BCUT2D eigenvalue weighted by atomic mass is 10.5. The highest BCUT2D eigenvalue weighted by molar-refractivity contribution is 9.10. The monoisotopic (exact) mass is 349 g/mol. The SMILES string of the molecule is Nc1nc(Sc2ccc(Br)cn2)nc(-n2ccnc2)n1. The van der Waals surface area contributed by atoms with Crippen molar-refractivity contribution in [3.05, 3.63) is 41.5 Å². The van der Waals surface area contributed by atoms with Crippen LogP contribution in [0.25, 0.3) is 5.95 Å². The van der Waals surface area contributed by atoms with Gasteiger partial charge in [-0.15, -0.1) is 0 Å². The van der Waals surface area contributed by atoms with Gasteiger partial charge in [0, 0.05) is 23.1 Å². The summed E-state index contributed by atoms with van der Waals surface area (Å²) in [4.78, 5) is 20.7. The zero-order valence-electron chi connectivity index (χ0n) is 10.0. The third-order valence-corrected chi connectivity index (χ3v) is 3.54. The molecule has 0 unspecified atom stereocenters. The third-order valence-electron chi connectivity index (χ3n) is 2.25. The molecule has 3 heterocycles. The number of rotatable bonds is 3. The molecule has 3 rings (SSSR count). The molecule has 20 heavy (non-hydrogen) atoms. The van der Waals surface area contributed by atoms with Gasteiger partial charge in [-0.05, 0) is 39.8 Å². The van der Waals surface area contributed by atoms with Crippen LogP contribution in [-0.2, 0) is 0 Å². The van der Waals surface area contributed by atoms with E-state index in [0.717, 1.165) is 9.50 Å². The Bertz CT molecular complexity index is 714. The summed E-state index contributed by atoms with van der Waals surface area (Å²) in [7, 11) is 0. The van der Waals surface area contributed by atoms with Crippen molar-refractivity contribution in [2.45, 2.75) is 10.2 Å². The summed E-state index contributed by atoms with van der Waals surface area (Å²) in [5, 5.41) is 1.26. The second-order valence-electron chi connectivity index (χ2n) is 3.66. The van der Waals surface area contributed by atoms with Crippen LogP contribution in [0.2, 0.25) is 0 Å². The zero-order valence-corrected chi connectivity index (χ0v) is 12.4. The van der Waals surface area contributed by atoms with E-state index in [1.165, 1.54) is 11.8 Å². The predicted octanol–water partition coefficient (Wildman–Crippen LogP) is 1.95. The van der Waals surface area contributed by atoms with Crippen molar-refractivity contribution < 1.29 is 0 Å². The summed E-state index contributed by atoms with van der Waals surface area (Å²) in [5.41, 5.74) is 5.71. The number of hydrogen-bond acceptors (Lipinski definition) is 7. The fourth-order valence-electron chi connectivity index (χ4n) is 1.42. The molecule has 2 N–H and O–H groups in total. The molecule has 0 aromatic carbocycles. The molecule has 0 aliphatic rings. The number of nitrogen functional groups attached to an aromatic ring is 1. The molecular formula is C11H8BrN7S. The van der Waals surface area contributed by atoms with Crippen molar-refractivity contribution in [2.24, 2.45) is 0 Å². The van der Waals surface area contributed by atoms with Gasteiger partial charge in [0.2, 0.25) is 17.1 Å². The Balaban J connectivity index is 1.92. The van der Waals surface area contributed by atoms with Crippen molar-refractivity contribution in [1.82, 2.24) is 29.5 Å². The number of pyridine rings is 1. The molecule has 0 aliphatic carbocycles. The zero-order chi connectivity index (χ0) is 13.9. The van der Waals surface area contributed by atoms with Crippen molar-refractivity contribution >= 4 is 33.6 Å². The van der Waals surface area contributed by atoms with Crippen molar-refractivity contribution in [2.75, 3.05) is 5.73 Å². The summed E-state index contributed by atoms with van der Waals surface area (Å²) in [5.74, 6) is 0.581. The Morgan fingerprint density at radius 2 is 2.10 bits per heavy atom. The second kappa shape index (κ2) is 5.55. The maximum Gasteiger partial charge on any atom is 0.240 e. The second-order valence-corrected chi connectivity index (χ2v) is 5.57. The van der Waals surface area contributed by atoms with Crippen LogP contribution in [0.15, 0.2) is 51.7 Å². The van der Waals surface area contributed by atoms with Crippen molar-refractivity contribution in [3.63, 3.8) is 0 Å². The van der Waals surface area contributed by atoms with Crippen LogP contribution in [0.3, 0.4) is 0 Å². The van der Waals surface area contributed by atoms with Gasteiger partial charge in [-0.1, -0.05) is 0 Å². The van der Waals surface area contributed by atoms with E-state index in [-0.39, 0.29) is 5.95 Å². The molecule has 100 valence electrons. The van der Waals surface area contributed by atoms with Gasteiger partial charge < -0.3 is 5.73 Å². The number of halogens is 1. The van der Waals surface area contributed by atoms with E-state index in [9.17, 15) is 0 Å². The first-order valence-corrected chi connectivity index (χ1v) is 7.11.